The van der Waals surface area contributed by atoms with Crippen molar-refractivity contribution in [3.8, 4) is 11.5 Å². The lowest BCUT2D eigenvalue weighted by Crippen LogP contribution is -2.45. The molecule has 6 heteroatoms. The van der Waals surface area contributed by atoms with Crippen LogP contribution in [-0.4, -0.2) is 38.2 Å². The van der Waals surface area contributed by atoms with Gasteiger partial charge in [0.25, 0.3) is 0 Å². The van der Waals surface area contributed by atoms with Gasteiger partial charge in [0, 0.05) is 32.2 Å². The molecule has 0 aromatic heterocycles. The average molecular weight is 413 g/mol. The summed E-state index contributed by atoms with van der Waals surface area (Å²) in [5.74, 6) is 1.60. The lowest BCUT2D eigenvalue weighted by atomic mass is 10.0. The molecular weight excluding hydrogens is 383 g/mol. The molecule has 150 valence electrons. The number of halogens is 2. The highest BCUT2D eigenvalue weighted by molar-refractivity contribution is 5.85. The lowest BCUT2D eigenvalue weighted by Gasteiger charge is -2.35. The predicted molar refractivity (Wildman–Crippen MR) is 116 cm³/mol. The minimum atomic E-state index is 0. The summed E-state index contributed by atoms with van der Waals surface area (Å²) >= 11 is 0. The van der Waals surface area contributed by atoms with Crippen LogP contribution in [0.25, 0.3) is 0 Å². The van der Waals surface area contributed by atoms with Crippen molar-refractivity contribution < 1.29 is 9.47 Å². The van der Waals surface area contributed by atoms with E-state index in [9.17, 15) is 0 Å². The molecule has 0 unspecified atom stereocenters. The first-order chi connectivity index (χ1) is 12.3. The van der Waals surface area contributed by atoms with E-state index >= 15 is 0 Å². The van der Waals surface area contributed by atoms with Crippen molar-refractivity contribution in [1.82, 2.24) is 10.2 Å². The summed E-state index contributed by atoms with van der Waals surface area (Å²) in [6.07, 6.45) is 1.09. The lowest BCUT2D eigenvalue weighted by molar-refractivity contribution is 0.169. The molecule has 1 aliphatic heterocycles. The van der Waals surface area contributed by atoms with E-state index in [1.807, 2.05) is 24.3 Å². The van der Waals surface area contributed by atoms with Gasteiger partial charge in [0.15, 0.2) is 11.5 Å². The van der Waals surface area contributed by atoms with Crippen LogP contribution in [0.15, 0.2) is 48.5 Å². The van der Waals surface area contributed by atoms with E-state index in [0.717, 1.165) is 49.7 Å². The Labute approximate surface area is 175 Å². The summed E-state index contributed by atoms with van der Waals surface area (Å²) < 4.78 is 11.6. The largest absolute Gasteiger partial charge is 0.493 e. The first-order valence-corrected chi connectivity index (χ1v) is 9.11. The van der Waals surface area contributed by atoms with Gasteiger partial charge in [-0.25, -0.2) is 0 Å². The zero-order valence-electron chi connectivity index (χ0n) is 16.0. The molecule has 1 atom stereocenters. The zero-order chi connectivity index (χ0) is 17.5. The van der Waals surface area contributed by atoms with Crippen molar-refractivity contribution in [3.05, 3.63) is 59.7 Å². The summed E-state index contributed by atoms with van der Waals surface area (Å²) in [4.78, 5) is 2.55. The topological polar surface area (TPSA) is 33.7 Å². The van der Waals surface area contributed by atoms with Crippen molar-refractivity contribution in [2.45, 2.75) is 26.0 Å². The summed E-state index contributed by atoms with van der Waals surface area (Å²) in [6, 6.07) is 17.0. The van der Waals surface area contributed by atoms with E-state index in [2.05, 4.69) is 41.4 Å². The van der Waals surface area contributed by atoms with E-state index in [-0.39, 0.29) is 24.8 Å². The van der Waals surface area contributed by atoms with Crippen molar-refractivity contribution in [2.75, 3.05) is 33.3 Å². The van der Waals surface area contributed by atoms with E-state index < -0.39 is 0 Å². The Bertz CT molecular complexity index is 664. The maximum absolute atomic E-state index is 5.98. The van der Waals surface area contributed by atoms with Crippen LogP contribution < -0.4 is 14.8 Å². The second kappa shape index (κ2) is 12.1. The van der Waals surface area contributed by atoms with Gasteiger partial charge >= 0.3 is 0 Å². The van der Waals surface area contributed by atoms with E-state index in [1.165, 1.54) is 5.56 Å². The Morgan fingerprint density at radius 3 is 2.33 bits per heavy atom. The molecule has 0 amide bonds. The van der Waals surface area contributed by atoms with Crippen LogP contribution in [0.3, 0.4) is 0 Å². The van der Waals surface area contributed by atoms with Gasteiger partial charge in [0.05, 0.1) is 7.11 Å². The van der Waals surface area contributed by atoms with Crippen molar-refractivity contribution in [1.29, 1.82) is 0 Å². The summed E-state index contributed by atoms with van der Waals surface area (Å²) in [5, 5.41) is 3.42. The highest BCUT2D eigenvalue weighted by atomic mass is 35.5. The van der Waals surface area contributed by atoms with Crippen LogP contribution in [0.2, 0.25) is 0 Å². The van der Waals surface area contributed by atoms with Crippen LogP contribution in [0.4, 0.5) is 0 Å². The monoisotopic (exact) mass is 412 g/mol. The van der Waals surface area contributed by atoms with Crippen LogP contribution >= 0.6 is 24.8 Å². The van der Waals surface area contributed by atoms with Gasteiger partial charge in [0.2, 0.25) is 0 Å². The van der Waals surface area contributed by atoms with Gasteiger partial charge in [0.1, 0.15) is 6.61 Å². The fraction of sp³-hybridized carbons (Fsp3) is 0.429. The number of rotatable bonds is 7. The molecule has 0 aliphatic carbocycles. The van der Waals surface area contributed by atoms with Gasteiger partial charge in [-0.2, -0.15) is 0 Å². The predicted octanol–water partition coefficient (Wildman–Crippen LogP) is 4.47. The van der Waals surface area contributed by atoms with Gasteiger partial charge in [-0.1, -0.05) is 43.3 Å². The molecule has 1 saturated heterocycles. The molecule has 1 heterocycles. The van der Waals surface area contributed by atoms with Gasteiger partial charge in [-0.15, -0.1) is 24.8 Å². The van der Waals surface area contributed by atoms with Crippen molar-refractivity contribution >= 4 is 24.8 Å². The van der Waals surface area contributed by atoms with Crippen LogP contribution in [0.5, 0.6) is 11.5 Å². The Morgan fingerprint density at radius 1 is 1.00 bits per heavy atom. The standard InChI is InChI=1S/C21H28N2O2.2ClH/c1-3-19(23-13-11-22-12-14-23)18-9-10-20(21(15-18)24-2)25-16-17-7-5-4-6-8-17;;/h4-10,15,19,22H,3,11-14,16H2,1-2H3;2*1H/t19-;;/m1../s1. The van der Waals surface area contributed by atoms with Crippen molar-refractivity contribution in [2.24, 2.45) is 0 Å². The highest BCUT2D eigenvalue weighted by Gasteiger charge is 2.21. The summed E-state index contributed by atoms with van der Waals surface area (Å²) in [5.41, 5.74) is 2.45. The minimum absolute atomic E-state index is 0. The molecular formula is C21H30Cl2N2O2. The maximum Gasteiger partial charge on any atom is 0.161 e. The normalized spacial score (nSPS) is 15.2. The maximum atomic E-state index is 5.98. The summed E-state index contributed by atoms with van der Waals surface area (Å²) in [6.45, 7) is 7.10. The van der Waals surface area contributed by atoms with Crippen LogP contribution in [0.1, 0.15) is 30.5 Å². The molecule has 0 bridgehead atoms. The number of ether oxygens (including phenoxy) is 2. The van der Waals surface area contributed by atoms with Crippen LogP contribution in [-0.2, 0) is 6.61 Å². The van der Waals surface area contributed by atoms with Crippen LogP contribution in [0, 0.1) is 0 Å². The van der Waals surface area contributed by atoms with Gasteiger partial charge in [-0.05, 0) is 29.7 Å². The SMILES string of the molecule is CC[C@H](c1ccc(OCc2ccccc2)c(OC)c1)N1CCNCC1.Cl.Cl. The molecule has 2 aromatic rings. The molecule has 2 aromatic carbocycles. The molecule has 0 radical (unpaired) electrons. The third-order valence-corrected chi connectivity index (χ3v) is 4.79. The van der Waals surface area contributed by atoms with E-state index in [0.29, 0.717) is 12.6 Å². The first kappa shape index (κ1) is 23.6. The number of nitrogens with zero attached hydrogens (tertiary/aromatic N) is 1. The Balaban J connectivity index is 0.00000182. The smallest absolute Gasteiger partial charge is 0.161 e. The van der Waals surface area contributed by atoms with Gasteiger partial charge < -0.3 is 14.8 Å². The third-order valence-electron chi connectivity index (χ3n) is 4.79. The quantitative estimate of drug-likeness (QED) is 0.726. The first-order valence-electron chi connectivity index (χ1n) is 9.11. The second-order valence-electron chi connectivity index (χ2n) is 6.39. The Hall–Kier alpha value is -1.46. The van der Waals surface area contributed by atoms with E-state index in [4.69, 9.17) is 9.47 Å². The molecule has 0 spiro atoms. The molecule has 1 N–H and O–H groups in total. The fourth-order valence-corrected chi connectivity index (χ4v) is 3.44. The Kier molecular flexibility index (Phi) is 10.6. The summed E-state index contributed by atoms with van der Waals surface area (Å²) in [7, 11) is 1.71. The zero-order valence-corrected chi connectivity index (χ0v) is 17.7. The molecule has 4 nitrogen and oxygen atoms in total. The Morgan fingerprint density at radius 2 is 1.70 bits per heavy atom. The molecule has 0 saturated carbocycles. The molecule has 1 fully saturated rings. The number of methoxy groups -OCH3 is 1. The molecule has 3 rings (SSSR count). The number of benzene rings is 2. The third kappa shape index (κ3) is 6.28. The number of nitrogens with one attached hydrogen (secondary N) is 1. The number of piperazine rings is 1. The van der Waals surface area contributed by atoms with Crippen molar-refractivity contribution in [3.63, 3.8) is 0 Å². The minimum Gasteiger partial charge on any atom is -0.493 e. The van der Waals surface area contributed by atoms with Gasteiger partial charge in [-0.3, -0.25) is 4.90 Å². The number of hydrogen-bond acceptors (Lipinski definition) is 4. The highest BCUT2D eigenvalue weighted by Crippen LogP contribution is 2.34. The molecule has 1 aliphatic rings. The van der Waals surface area contributed by atoms with E-state index in [1.54, 1.807) is 7.11 Å². The average Bonchev–Trinajstić information content (AvgIpc) is 2.69. The fourth-order valence-electron chi connectivity index (χ4n) is 3.44. The molecule has 27 heavy (non-hydrogen) atoms. The number of hydrogen-bond donors (Lipinski definition) is 1. The second-order valence-corrected chi connectivity index (χ2v) is 6.39.